The van der Waals surface area contributed by atoms with Crippen LogP contribution in [-0.2, 0) is 11.2 Å². The fourth-order valence-corrected chi connectivity index (χ4v) is 2.82. The van der Waals surface area contributed by atoms with E-state index in [4.69, 9.17) is 0 Å². The SMILES string of the molecule is C=CC(=O)N1CCc2ccccc2C1c1cccnc1. The van der Waals surface area contributed by atoms with Gasteiger partial charge in [0.15, 0.2) is 0 Å². The predicted molar refractivity (Wildman–Crippen MR) is 78.1 cm³/mol. The molecule has 1 unspecified atom stereocenters. The minimum atomic E-state index is -0.0702. The number of pyridine rings is 1. The molecule has 3 rings (SSSR count). The van der Waals surface area contributed by atoms with E-state index >= 15 is 0 Å². The van der Waals surface area contributed by atoms with Gasteiger partial charge in [0.25, 0.3) is 0 Å². The number of hydrogen-bond donors (Lipinski definition) is 0. The first-order valence-corrected chi connectivity index (χ1v) is 6.72. The highest BCUT2D eigenvalue weighted by atomic mass is 16.2. The zero-order valence-electron chi connectivity index (χ0n) is 11.2. The van der Waals surface area contributed by atoms with Crippen LogP contribution in [0.15, 0.2) is 61.4 Å². The molecule has 1 aliphatic rings. The molecule has 0 saturated heterocycles. The number of carbonyl (C=O) groups is 1. The average Bonchev–Trinajstić information content (AvgIpc) is 2.53. The third-order valence-corrected chi connectivity index (χ3v) is 3.74. The minimum Gasteiger partial charge on any atom is -0.328 e. The van der Waals surface area contributed by atoms with E-state index in [2.05, 4.69) is 23.7 Å². The van der Waals surface area contributed by atoms with Crippen molar-refractivity contribution in [1.82, 2.24) is 9.88 Å². The zero-order valence-corrected chi connectivity index (χ0v) is 11.2. The van der Waals surface area contributed by atoms with E-state index in [9.17, 15) is 4.79 Å². The number of benzene rings is 1. The van der Waals surface area contributed by atoms with Gasteiger partial charge in [0.05, 0.1) is 6.04 Å². The summed E-state index contributed by atoms with van der Waals surface area (Å²) in [6, 6.07) is 12.1. The Labute approximate surface area is 118 Å². The van der Waals surface area contributed by atoms with Crippen molar-refractivity contribution < 1.29 is 4.79 Å². The summed E-state index contributed by atoms with van der Waals surface area (Å²) in [5.74, 6) is -0.0339. The lowest BCUT2D eigenvalue weighted by atomic mass is 9.89. The molecule has 0 radical (unpaired) electrons. The Bertz CT molecular complexity index is 636. The lowest BCUT2D eigenvalue weighted by Gasteiger charge is -2.37. The summed E-state index contributed by atoms with van der Waals surface area (Å²) in [6.45, 7) is 4.32. The lowest BCUT2D eigenvalue weighted by Crippen LogP contribution is -2.39. The van der Waals surface area contributed by atoms with Crippen LogP contribution < -0.4 is 0 Å². The van der Waals surface area contributed by atoms with E-state index in [1.165, 1.54) is 17.2 Å². The van der Waals surface area contributed by atoms with Gasteiger partial charge in [-0.25, -0.2) is 0 Å². The topological polar surface area (TPSA) is 33.2 Å². The van der Waals surface area contributed by atoms with Crippen molar-refractivity contribution in [3.8, 4) is 0 Å². The summed E-state index contributed by atoms with van der Waals surface area (Å²) in [6.07, 6.45) is 5.85. The van der Waals surface area contributed by atoms with Crippen LogP contribution in [0.25, 0.3) is 0 Å². The monoisotopic (exact) mass is 264 g/mol. The van der Waals surface area contributed by atoms with Gasteiger partial charge in [-0.05, 0) is 35.3 Å². The molecule has 1 aromatic heterocycles. The Morgan fingerprint density at radius 1 is 1.30 bits per heavy atom. The molecule has 100 valence electrons. The van der Waals surface area contributed by atoms with E-state index in [-0.39, 0.29) is 11.9 Å². The normalized spacial score (nSPS) is 17.4. The van der Waals surface area contributed by atoms with Crippen molar-refractivity contribution in [2.45, 2.75) is 12.5 Å². The highest BCUT2D eigenvalue weighted by molar-refractivity contribution is 5.88. The van der Waals surface area contributed by atoms with E-state index in [1.54, 1.807) is 6.20 Å². The Morgan fingerprint density at radius 3 is 2.90 bits per heavy atom. The van der Waals surface area contributed by atoms with Crippen molar-refractivity contribution in [1.29, 1.82) is 0 Å². The first-order valence-electron chi connectivity index (χ1n) is 6.72. The van der Waals surface area contributed by atoms with Crippen molar-refractivity contribution >= 4 is 5.91 Å². The third kappa shape index (κ3) is 2.11. The molecule has 2 aromatic rings. The Morgan fingerprint density at radius 2 is 2.15 bits per heavy atom. The highest BCUT2D eigenvalue weighted by Gasteiger charge is 2.30. The van der Waals surface area contributed by atoms with Gasteiger partial charge >= 0.3 is 0 Å². The van der Waals surface area contributed by atoms with E-state index < -0.39 is 0 Å². The molecular weight excluding hydrogens is 248 g/mol. The van der Waals surface area contributed by atoms with E-state index in [1.807, 2.05) is 35.4 Å². The maximum Gasteiger partial charge on any atom is 0.246 e. The van der Waals surface area contributed by atoms with Gasteiger partial charge in [-0.2, -0.15) is 0 Å². The molecule has 3 nitrogen and oxygen atoms in total. The molecular formula is C17H16N2O. The first-order chi connectivity index (χ1) is 9.81. The number of carbonyl (C=O) groups excluding carboxylic acids is 1. The van der Waals surface area contributed by atoms with Gasteiger partial charge in [0.1, 0.15) is 0 Å². The molecule has 1 atom stereocenters. The van der Waals surface area contributed by atoms with Crippen molar-refractivity contribution in [3.05, 3.63) is 78.1 Å². The second-order valence-electron chi connectivity index (χ2n) is 4.87. The van der Waals surface area contributed by atoms with Crippen molar-refractivity contribution in [3.63, 3.8) is 0 Å². The summed E-state index contributed by atoms with van der Waals surface area (Å²) >= 11 is 0. The maximum absolute atomic E-state index is 12.1. The van der Waals surface area contributed by atoms with Crippen LogP contribution in [0.1, 0.15) is 22.7 Å². The fraction of sp³-hybridized carbons (Fsp3) is 0.176. The summed E-state index contributed by atoms with van der Waals surface area (Å²) < 4.78 is 0. The second kappa shape index (κ2) is 5.29. The van der Waals surface area contributed by atoms with E-state index in [0.29, 0.717) is 6.54 Å². The molecule has 2 heterocycles. The van der Waals surface area contributed by atoms with Crippen molar-refractivity contribution in [2.75, 3.05) is 6.54 Å². The van der Waals surface area contributed by atoms with Crippen LogP contribution in [0.3, 0.4) is 0 Å². The standard InChI is InChI=1S/C17H16N2O/c1-2-16(20)19-11-9-13-6-3-4-8-15(13)17(19)14-7-5-10-18-12-14/h2-8,10,12,17H,1,9,11H2. The molecule has 0 spiro atoms. The van der Waals surface area contributed by atoms with Gasteiger partial charge < -0.3 is 4.90 Å². The Kier molecular flexibility index (Phi) is 3.33. The maximum atomic E-state index is 12.1. The number of hydrogen-bond acceptors (Lipinski definition) is 2. The summed E-state index contributed by atoms with van der Waals surface area (Å²) in [5, 5.41) is 0. The van der Waals surface area contributed by atoms with Gasteiger partial charge in [0.2, 0.25) is 5.91 Å². The molecule has 0 fully saturated rings. The van der Waals surface area contributed by atoms with Crippen LogP contribution >= 0.6 is 0 Å². The Hall–Kier alpha value is -2.42. The zero-order chi connectivity index (χ0) is 13.9. The molecule has 0 N–H and O–H groups in total. The average molecular weight is 264 g/mol. The van der Waals surface area contributed by atoms with Crippen LogP contribution in [-0.4, -0.2) is 22.3 Å². The predicted octanol–water partition coefficient (Wildman–Crippen LogP) is 2.74. The molecule has 3 heteroatoms. The summed E-state index contributed by atoms with van der Waals surface area (Å²) in [5.41, 5.74) is 3.52. The molecule has 20 heavy (non-hydrogen) atoms. The van der Waals surface area contributed by atoms with Crippen molar-refractivity contribution in [2.24, 2.45) is 0 Å². The summed E-state index contributed by atoms with van der Waals surface area (Å²) in [7, 11) is 0. The quantitative estimate of drug-likeness (QED) is 0.781. The van der Waals surface area contributed by atoms with E-state index in [0.717, 1.165) is 12.0 Å². The summed E-state index contributed by atoms with van der Waals surface area (Å²) in [4.78, 5) is 18.2. The van der Waals surface area contributed by atoms with Crippen LogP contribution in [0, 0.1) is 0 Å². The number of amides is 1. The van der Waals surface area contributed by atoms with Gasteiger partial charge in [0, 0.05) is 18.9 Å². The number of nitrogens with zero attached hydrogens (tertiary/aromatic N) is 2. The third-order valence-electron chi connectivity index (χ3n) is 3.74. The number of aromatic nitrogens is 1. The number of fused-ring (bicyclic) bond motifs is 1. The first kappa shape index (κ1) is 12.6. The van der Waals surface area contributed by atoms with Gasteiger partial charge in [-0.15, -0.1) is 0 Å². The molecule has 0 aliphatic carbocycles. The van der Waals surface area contributed by atoms with Gasteiger partial charge in [-0.3, -0.25) is 9.78 Å². The molecule has 0 saturated carbocycles. The fourth-order valence-electron chi connectivity index (χ4n) is 2.82. The molecule has 1 aliphatic heterocycles. The highest BCUT2D eigenvalue weighted by Crippen LogP contribution is 2.34. The van der Waals surface area contributed by atoms with Crippen LogP contribution in [0.4, 0.5) is 0 Å². The smallest absolute Gasteiger partial charge is 0.246 e. The van der Waals surface area contributed by atoms with Gasteiger partial charge in [-0.1, -0.05) is 36.9 Å². The molecule has 1 aromatic carbocycles. The lowest BCUT2D eigenvalue weighted by molar-refractivity contribution is -0.128. The Balaban J connectivity index is 2.12. The second-order valence-corrected chi connectivity index (χ2v) is 4.87. The largest absolute Gasteiger partial charge is 0.328 e. The van der Waals surface area contributed by atoms with Crippen LogP contribution in [0.2, 0.25) is 0 Å². The molecule has 1 amide bonds. The van der Waals surface area contributed by atoms with Crippen LogP contribution in [0.5, 0.6) is 0 Å². The minimum absolute atomic E-state index is 0.0339. The molecule has 0 bridgehead atoms. The number of rotatable bonds is 2.